The number of halogens is 1. The maximum absolute atomic E-state index is 12.1. The molecule has 0 saturated heterocycles. The van der Waals surface area contributed by atoms with E-state index in [9.17, 15) is 4.79 Å². The van der Waals surface area contributed by atoms with Gasteiger partial charge in [-0.05, 0) is 77.6 Å². The van der Waals surface area contributed by atoms with Gasteiger partial charge in [0.15, 0.2) is 0 Å². The molecule has 0 radical (unpaired) electrons. The summed E-state index contributed by atoms with van der Waals surface area (Å²) in [6.45, 7) is 9.47. The molecule has 8 heteroatoms. The number of carbonyl (C=O) groups excluding carboxylic acids is 1. The highest BCUT2D eigenvalue weighted by Crippen LogP contribution is 2.32. The molecule has 0 aliphatic heterocycles. The Morgan fingerprint density at radius 2 is 1.85 bits per heavy atom. The molecule has 1 saturated carbocycles. The van der Waals surface area contributed by atoms with Crippen molar-refractivity contribution in [3.63, 3.8) is 0 Å². The van der Waals surface area contributed by atoms with Gasteiger partial charge in [0.05, 0.1) is 21.9 Å². The van der Waals surface area contributed by atoms with Gasteiger partial charge >= 0.3 is 6.09 Å². The van der Waals surface area contributed by atoms with Crippen molar-refractivity contribution in [1.82, 2.24) is 20.3 Å². The van der Waals surface area contributed by atoms with Crippen LogP contribution >= 0.6 is 11.6 Å². The molecular formula is C25H30ClN5O2. The third kappa shape index (κ3) is 5.53. The van der Waals surface area contributed by atoms with E-state index < -0.39 is 5.60 Å². The average Bonchev–Trinajstić information content (AvgIpc) is 3.15. The topological polar surface area (TPSA) is 89.0 Å². The zero-order valence-electron chi connectivity index (χ0n) is 19.7. The van der Waals surface area contributed by atoms with Crippen LogP contribution in [0, 0.1) is 13.8 Å². The Morgan fingerprint density at radius 3 is 2.61 bits per heavy atom. The summed E-state index contributed by atoms with van der Waals surface area (Å²) in [4.78, 5) is 25.7. The first-order valence-electron chi connectivity index (χ1n) is 11.2. The predicted molar refractivity (Wildman–Crippen MR) is 132 cm³/mol. The van der Waals surface area contributed by atoms with Crippen molar-refractivity contribution in [1.29, 1.82) is 0 Å². The van der Waals surface area contributed by atoms with Crippen LogP contribution in [0.2, 0.25) is 5.02 Å². The van der Waals surface area contributed by atoms with Crippen molar-refractivity contribution in [2.75, 3.05) is 5.32 Å². The Hall–Kier alpha value is -2.93. The summed E-state index contributed by atoms with van der Waals surface area (Å²) in [7, 11) is 0. The molecule has 3 aromatic rings. The second-order valence-corrected chi connectivity index (χ2v) is 10.00. The van der Waals surface area contributed by atoms with E-state index in [0.29, 0.717) is 11.0 Å². The number of benzene rings is 1. The monoisotopic (exact) mass is 467 g/mol. The maximum atomic E-state index is 12.1. The molecule has 2 N–H and O–H groups in total. The number of carbonyl (C=O) groups is 1. The van der Waals surface area contributed by atoms with E-state index in [4.69, 9.17) is 26.3 Å². The first kappa shape index (κ1) is 23.2. The van der Waals surface area contributed by atoms with Gasteiger partial charge in [-0.2, -0.15) is 0 Å². The number of nitrogens with one attached hydrogen (secondary N) is 2. The van der Waals surface area contributed by atoms with Crippen LogP contribution in [-0.2, 0) is 4.74 Å². The molecular weight excluding hydrogens is 438 g/mol. The van der Waals surface area contributed by atoms with Gasteiger partial charge in [-0.15, -0.1) is 0 Å². The van der Waals surface area contributed by atoms with Crippen molar-refractivity contribution in [3.05, 3.63) is 46.9 Å². The molecule has 1 aliphatic rings. The van der Waals surface area contributed by atoms with Crippen LogP contribution in [0.15, 0.2) is 30.5 Å². The molecule has 4 rings (SSSR count). The fourth-order valence-electron chi connectivity index (χ4n) is 4.19. The Kier molecular flexibility index (Phi) is 6.43. The summed E-state index contributed by atoms with van der Waals surface area (Å²) in [6.07, 6.45) is 4.02. The summed E-state index contributed by atoms with van der Waals surface area (Å²) >= 11 is 6.48. The lowest BCUT2D eigenvalue weighted by molar-refractivity contribution is 0.0505. The van der Waals surface area contributed by atoms with Crippen LogP contribution in [0.4, 0.5) is 10.7 Å². The smallest absolute Gasteiger partial charge is 0.407 e. The number of ether oxygens (including phenoxy) is 1. The van der Waals surface area contributed by atoms with E-state index >= 15 is 0 Å². The first-order chi connectivity index (χ1) is 15.6. The fraction of sp³-hybridized carbons (Fsp3) is 0.440. The van der Waals surface area contributed by atoms with Gasteiger partial charge in [0.25, 0.3) is 0 Å². The summed E-state index contributed by atoms with van der Waals surface area (Å²) < 4.78 is 5.37. The highest BCUT2D eigenvalue weighted by atomic mass is 35.5. The molecule has 1 fully saturated rings. The van der Waals surface area contributed by atoms with E-state index in [1.807, 2.05) is 52.8 Å². The van der Waals surface area contributed by atoms with Crippen LogP contribution in [0.3, 0.4) is 0 Å². The molecule has 0 unspecified atom stereocenters. The zero-order chi connectivity index (χ0) is 23.8. The van der Waals surface area contributed by atoms with E-state index in [0.717, 1.165) is 52.7 Å². The average molecular weight is 468 g/mol. The Morgan fingerprint density at radius 1 is 1.09 bits per heavy atom. The van der Waals surface area contributed by atoms with E-state index in [-0.39, 0.29) is 18.2 Å². The zero-order valence-corrected chi connectivity index (χ0v) is 20.5. The van der Waals surface area contributed by atoms with Gasteiger partial charge in [0, 0.05) is 29.2 Å². The van der Waals surface area contributed by atoms with Crippen molar-refractivity contribution >= 4 is 34.5 Å². The van der Waals surface area contributed by atoms with Crippen molar-refractivity contribution in [2.45, 2.75) is 71.6 Å². The van der Waals surface area contributed by atoms with E-state index in [1.165, 1.54) is 0 Å². The lowest BCUT2D eigenvalue weighted by Gasteiger charge is -2.22. The number of hydrogen-bond donors (Lipinski definition) is 2. The highest BCUT2D eigenvalue weighted by molar-refractivity contribution is 6.34. The number of amides is 1. The number of aryl methyl sites for hydroxylation is 2. The molecule has 2 aromatic heterocycles. The molecule has 174 valence electrons. The summed E-state index contributed by atoms with van der Waals surface area (Å²) in [5, 5.41) is 8.05. The van der Waals surface area contributed by atoms with Gasteiger partial charge in [0.2, 0.25) is 5.95 Å². The molecule has 1 aliphatic carbocycles. The van der Waals surface area contributed by atoms with Gasteiger partial charge < -0.3 is 15.4 Å². The number of rotatable bonds is 4. The Labute approximate surface area is 199 Å². The predicted octanol–water partition coefficient (Wildman–Crippen LogP) is 5.82. The van der Waals surface area contributed by atoms with Crippen LogP contribution in [0.25, 0.3) is 22.0 Å². The normalized spacial score (nSPS) is 18.4. The number of nitrogens with zero attached hydrogens (tertiary/aromatic N) is 3. The molecule has 0 spiro atoms. The van der Waals surface area contributed by atoms with E-state index in [1.54, 1.807) is 6.20 Å². The summed E-state index contributed by atoms with van der Waals surface area (Å²) in [5.74, 6) is 0.605. The number of aromatic nitrogens is 3. The Bertz CT molecular complexity index is 1190. The SMILES string of the molecule is Cc1nccc(-c2ccc3nc(N[C@@H]4CC[C@H](NC(=O)OC(C)(C)C)C4)nc(C)c3c2)c1Cl. The van der Waals surface area contributed by atoms with Gasteiger partial charge in [0.1, 0.15) is 5.60 Å². The van der Waals surface area contributed by atoms with E-state index in [2.05, 4.69) is 21.7 Å². The summed E-state index contributed by atoms with van der Waals surface area (Å²) in [5.41, 5.74) is 4.03. The third-order valence-electron chi connectivity index (χ3n) is 5.75. The van der Waals surface area contributed by atoms with Crippen LogP contribution in [0.5, 0.6) is 0 Å². The third-order valence-corrected chi connectivity index (χ3v) is 6.22. The lowest BCUT2D eigenvalue weighted by atomic mass is 10.0. The molecule has 2 atom stereocenters. The number of pyridine rings is 1. The molecule has 7 nitrogen and oxygen atoms in total. The van der Waals surface area contributed by atoms with Gasteiger partial charge in [-0.25, -0.2) is 14.8 Å². The van der Waals surface area contributed by atoms with Crippen LogP contribution in [-0.4, -0.2) is 38.7 Å². The minimum atomic E-state index is -0.502. The number of alkyl carbamates (subject to hydrolysis) is 1. The van der Waals surface area contributed by atoms with Gasteiger partial charge in [-0.3, -0.25) is 4.98 Å². The van der Waals surface area contributed by atoms with Crippen molar-refractivity contribution < 1.29 is 9.53 Å². The number of anilines is 1. The molecule has 1 aromatic carbocycles. The second kappa shape index (κ2) is 9.14. The van der Waals surface area contributed by atoms with Crippen molar-refractivity contribution in [2.24, 2.45) is 0 Å². The maximum Gasteiger partial charge on any atom is 0.407 e. The molecule has 33 heavy (non-hydrogen) atoms. The number of fused-ring (bicyclic) bond motifs is 1. The van der Waals surface area contributed by atoms with Crippen LogP contribution in [0.1, 0.15) is 51.4 Å². The molecule has 2 heterocycles. The quantitative estimate of drug-likeness (QED) is 0.502. The van der Waals surface area contributed by atoms with Crippen molar-refractivity contribution in [3.8, 4) is 11.1 Å². The summed E-state index contributed by atoms with van der Waals surface area (Å²) in [6, 6.07) is 8.29. The lowest BCUT2D eigenvalue weighted by Crippen LogP contribution is -2.38. The second-order valence-electron chi connectivity index (χ2n) is 9.62. The van der Waals surface area contributed by atoms with Crippen LogP contribution < -0.4 is 10.6 Å². The Balaban J connectivity index is 1.46. The molecule has 0 bridgehead atoms. The van der Waals surface area contributed by atoms with Gasteiger partial charge in [-0.1, -0.05) is 17.7 Å². The molecule has 1 amide bonds. The minimum Gasteiger partial charge on any atom is -0.444 e. The minimum absolute atomic E-state index is 0.0787. The number of hydrogen-bond acceptors (Lipinski definition) is 6. The first-order valence-corrected chi connectivity index (χ1v) is 11.6. The fourth-order valence-corrected chi connectivity index (χ4v) is 4.41. The largest absolute Gasteiger partial charge is 0.444 e. The highest BCUT2D eigenvalue weighted by Gasteiger charge is 2.28. The standard InChI is InChI=1S/C25H30ClN5O2/c1-14-20-12-16(19-10-11-27-15(2)22(19)26)6-9-21(20)31-23(28-14)29-17-7-8-18(13-17)30-24(32)33-25(3,4)5/h6,9-12,17-18H,7-8,13H2,1-5H3,(H,30,32)(H,28,29,31)/t17-,18+/m1/s1.